The molecule has 0 atom stereocenters. The van der Waals surface area contributed by atoms with Gasteiger partial charge in [0.15, 0.2) is 10.9 Å². The van der Waals surface area contributed by atoms with Gasteiger partial charge in [0.05, 0.1) is 27.1 Å². The third kappa shape index (κ3) is 3.33. The molecule has 8 nitrogen and oxygen atoms in total. The van der Waals surface area contributed by atoms with Crippen molar-refractivity contribution in [3.05, 3.63) is 51.6 Å². The summed E-state index contributed by atoms with van der Waals surface area (Å²) < 4.78 is 33.3. The van der Waals surface area contributed by atoms with E-state index in [-0.39, 0.29) is 15.8 Å². The maximum absolute atomic E-state index is 12.6. The molecule has 0 fully saturated rings. The van der Waals surface area contributed by atoms with Crippen LogP contribution in [0.5, 0.6) is 5.75 Å². The zero-order chi connectivity index (χ0) is 19.1. The Bertz CT molecular complexity index is 1120. The Morgan fingerprint density at radius 2 is 1.96 bits per heavy atom. The lowest BCUT2D eigenvalue weighted by atomic mass is 10.1. The Hall–Kier alpha value is -2.72. The number of aryl methyl sites for hydroxylation is 2. The number of nitro benzene ring substituents is 1. The molecule has 3 aromatic rings. The van der Waals surface area contributed by atoms with Gasteiger partial charge in [0.25, 0.3) is 10.0 Å². The van der Waals surface area contributed by atoms with Gasteiger partial charge in [-0.25, -0.2) is 13.4 Å². The fourth-order valence-corrected chi connectivity index (χ4v) is 4.86. The molecule has 0 aliphatic rings. The summed E-state index contributed by atoms with van der Waals surface area (Å²) in [4.78, 5) is 14.5. The molecule has 3 rings (SSSR count). The van der Waals surface area contributed by atoms with Gasteiger partial charge in [-0.15, -0.1) is 0 Å². The molecule has 0 radical (unpaired) electrons. The van der Waals surface area contributed by atoms with Crippen molar-refractivity contribution in [3.8, 4) is 5.75 Å². The average Bonchev–Trinajstić information content (AvgIpc) is 2.95. The molecule has 2 aromatic carbocycles. The summed E-state index contributed by atoms with van der Waals surface area (Å²) in [5.74, 6) is -0.0139. The van der Waals surface area contributed by atoms with Crippen molar-refractivity contribution >= 4 is 42.4 Å². The highest BCUT2D eigenvalue weighted by molar-refractivity contribution is 7.93. The highest BCUT2D eigenvalue weighted by Crippen LogP contribution is 2.33. The van der Waals surface area contributed by atoms with Crippen LogP contribution in [-0.4, -0.2) is 25.4 Å². The van der Waals surface area contributed by atoms with E-state index in [0.29, 0.717) is 0 Å². The quantitative estimate of drug-likeness (QED) is 0.523. The number of hydrogen-bond donors (Lipinski definition) is 1. The van der Waals surface area contributed by atoms with Crippen LogP contribution in [0.25, 0.3) is 10.2 Å². The Balaban J connectivity index is 2.00. The molecule has 1 aromatic heterocycles. The molecule has 0 saturated heterocycles. The van der Waals surface area contributed by atoms with E-state index in [1.807, 2.05) is 26.0 Å². The number of hydrogen-bond acceptors (Lipinski definition) is 7. The Morgan fingerprint density at radius 1 is 1.23 bits per heavy atom. The maximum Gasteiger partial charge on any atom is 0.312 e. The first-order chi connectivity index (χ1) is 12.2. The number of thiazole rings is 1. The van der Waals surface area contributed by atoms with Crippen molar-refractivity contribution in [3.63, 3.8) is 0 Å². The minimum Gasteiger partial charge on any atom is -0.490 e. The van der Waals surface area contributed by atoms with Gasteiger partial charge >= 0.3 is 5.69 Å². The molecule has 0 bridgehead atoms. The molecule has 1 N–H and O–H groups in total. The van der Waals surface area contributed by atoms with E-state index in [4.69, 9.17) is 4.74 Å². The van der Waals surface area contributed by atoms with Crippen LogP contribution in [0.1, 0.15) is 11.1 Å². The van der Waals surface area contributed by atoms with Gasteiger partial charge in [0.2, 0.25) is 0 Å². The van der Waals surface area contributed by atoms with E-state index in [2.05, 4.69) is 9.71 Å². The summed E-state index contributed by atoms with van der Waals surface area (Å²) >= 11 is 1.21. The minimum absolute atomic E-state index is 0.0139. The molecule has 0 unspecified atom stereocenters. The third-order valence-electron chi connectivity index (χ3n) is 3.71. The SMILES string of the molecule is COc1ccc(S(=O)(=O)Nc2nc3c(C)cc(C)cc3s2)cc1[N+](=O)[O-]. The summed E-state index contributed by atoms with van der Waals surface area (Å²) in [6.45, 7) is 3.85. The molecule has 0 spiro atoms. The van der Waals surface area contributed by atoms with Crippen LogP contribution >= 0.6 is 11.3 Å². The van der Waals surface area contributed by atoms with E-state index < -0.39 is 20.6 Å². The zero-order valence-corrected chi connectivity index (χ0v) is 15.8. The Labute approximate surface area is 153 Å². The number of sulfonamides is 1. The van der Waals surface area contributed by atoms with E-state index in [1.165, 1.54) is 30.6 Å². The van der Waals surface area contributed by atoms with Gasteiger partial charge < -0.3 is 4.74 Å². The normalized spacial score (nSPS) is 11.5. The number of nitrogens with one attached hydrogen (secondary N) is 1. The van der Waals surface area contributed by atoms with Crippen molar-refractivity contribution < 1.29 is 18.1 Å². The number of benzene rings is 2. The molecule has 26 heavy (non-hydrogen) atoms. The number of nitro groups is 1. The van der Waals surface area contributed by atoms with Crippen molar-refractivity contribution in [1.29, 1.82) is 0 Å². The second kappa shape index (κ2) is 6.54. The van der Waals surface area contributed by atoms with Crippen molar-refractivity contribution in [1.82, 2.24) is 4.98 Å². The van der Waals surface area contributed by atoms with Crippen LogP contribution in [0.4, 0.5) is 10.8 Å². The van der Waals surface area contributed by atoms with Gasteiger partial charge in [0.1, 0.15) is 0 Å². The van der Waals surface area contributed by atoms with Gasteiger partial charge in [-0.2, -0.15) is 0 Å². The van der Waals surface area contributed by atoms with E-state index >= 15 is 0 Å². The summed E-state index contributed by atoms with van der Waals surface area (Å²) in [6.07, 6.45) is 0. The van der Waals surface area contributed by atoms with E-state index in [9.17, 15) is 18.5 Å². The topological polar surface area (TPSA) is 111 Å². The van der Waals surface area contributed by atoms with Crippen molar-refractivity contribution in [2.45, 2.75) is 18.7 Å². The molecule has 1 heterocycles. The lowest BCUT2D eigenvalue weighted by molar-refractivity contribution is -0.386. The number of aromatic nitrogens is 1. The van der Waals surface area contributed by atoms with Crippen molar-refractivity contribution in [2.75, 3.05) is 11.8 Å². The molecule has 0 saturated carbocycles. The molecular weight excluding hydrogens is 378 g/mol. The number of anilines is 1. The highest BCUT2D eigenvalue weighted by Gasteiger charge is 2.23. The Morgan fingerprint density at radius 3 is 2.62 bits per heavy atom. The number of methoxy groups -OCH3 is 1. The predicted molar refractivity (Wildman–Crippen MR) is 99.6 cm³/mol. The predicted octanol–water partition coefficient (Wildman–Crippen LogP) is 3.63. The first-order valence-corrected chi connectivity index (χ1v) is 9.74. The number of nitrogens with zero attached hydrogens (tertiary/aromatic N) is 2. The summed E-state index contributed by atoms with van der Waals surface area (Å²) in [5.41, 5.74) is 2.30. The second-order valence-electron chi connectivity index (χ2n) is 5.64. The van der Waals surface area contributed by atoms with Crippen LogP contribution in [0.15, 0.2) is 35.2 Å². The van der Waals surface area contributed by atoms with Crippen LogP contribution in [0.3, 0.4) is 0 Å². The first-order valence-electron chi connectivity index (χ1n) is 7.44. The summed E-state index contributed by atoms with van der Waals surface area (Å²) in [6, 6.07) is 7.35. The average molecular weight is 393 g/mol. The van der Waals surface area contributed by atoms with E-state index in [1.54, 1.807) is 0 Å². The van der Waals surface area contributed by atoms with Crippen molar-refractivity contribution in [2.24, 2.45) is 0 Å². The third-order valence-corrected chi connectivity index (χ3v) is 6.09. The maximum atomic E-state index is 12.6. The summed E-state index contributed by atoms with van der Waals surface area (Å²) in [7, 11) is -2.75. The fourth-order valence-electron chi connectivity index (χ4n) is 2.57. The van der Waals surface area contributed by atoms with Gasteiger partial charge in [-0.05, 0) is 43.2 Å². The number of fused-ring (bicyclic) bond motifs is 1. The lowest BCUT2D eigenvalue weighted by Crippen LogP contribution is -2.13. The summed E-state index contributed by atoms with van der Waals surface area (Å²) in [5, 5.41) is 11.3. The van der Waals surface area contributed by atoms with Gasteiger partial charge in [0, 0.05) is 6.07 Å². The van der Waals surface area contributed by atoms with Gasteiger partial charge in [-0.3, -0.25) is 14.8 Å². The minimum atomic E-state index is -4.03. The lowest BCUT2D eigenvalue weighted by Gasteiger charge is -2.07. The van der Waals surface area contributed by atoms with Crippen LogP contribution in [-0.2, 0) is 10.0 Å². The molecule has 0 amide bonds. The highest BCUT2D eigenvalue weighted by atomic mass is 32.2. The van der Waals surface area contributed by atoms with Crippen LogP contribution in [0.2, 0.25) is 0 Å². The van der Waals surface area contributed by atoms with Gasteiger partial charge in [-0.1, -0.05) is 17.4 Å². The first kappa shape index (κ1) is 18.1. The molecule has 0 aliphatic heterocycles. The molecule has 0 aliphatic carbocycles. The van der Waals surface area contributed by atoms with E-state index in [0.717, 1.165) is 27.4 Å². The molecule has 10 heteroatoms. The fraction of sp³-hybridized carbons (Fsp3) is 0.188. The smallest absolute Gasteiger partial charge is 0.312 e. The number of rotatable bonds is 5. The standard InChI is InChI=1S/C16H15N3O5S2/c1-9-6-10(2)15-14(7-9)25-16(17-15)18-26(22,23)11-4-5-13(24-3)12(8-11)19(20)21/h4-8H,1-3H3,(H,17,18). The monoisotopic (exact) mass is 393 g/mol. The largest absolute Gasteiger partial charge is 0.490 e. The molecule has 136 valence electrons. The number of ether oxygens (including phenoxy) is 1. The Kier molecular flexibility index (Phi) is 4.55. The second-order valence-corrected chi connectivity index (χ2v) is 8.36. The zero-order valence-electron chi connectivity index (χ0n) is 14.1. The molecular formula is C16H15N3O5S2. The van der Waals surface area contributed by atoms with Crippen LogP contribution < -0.4 is 9.46 Å². The van der Waals surface area contributed by atoms with Crippen LogP contribution in [0, 0.1) is 24.0 Å².